The van der Waals surface area contributed by atoms with Crippen molar-refractivity contribution >= 4 is 28.8 Å². The molecule has 8 heteroatoms. The molecule has 1 aromatic rings. The maximum atomic E-state index is 12.4. The fraction of sp³-hybridized carbons (Fsp3) is 0.688. The Bertz CT molecular complexity index is 693. The monoisotopic (exact) mass is 353 g/mol. The molecule has 0 bridgehead atoms. The van der Waals surface area contributed by atoms with Gasteiger partial charge in [0.25, 0.3) is 5.56 Å². The van der Waals surface area contributed by atoms with Crippen molar-refractivity contribution in [1.29, 1.82) is 0 Å². The second-order valence-electron chi connectivity index (χ2n) is 6.23. The van der Waals surface area contributed by atoms with E-state index < -0.39 is 11.2 Å². The van der Waals surface area contributed by atoms with Crippen LogP contribution in [-0.4, -0.2) is 27.3 Å². The zero-order valence-corrected chi connectivity index (χ0v) is 15.2. The summed E-state index contributed by atoms with van der Waals surface area (Å²) in [6.45, 7) is 5.19. The summed E-state index contributed by atoms with van der Waals surface area (Å²) in [7, 11) is 0. The van der Waals surface area contributed by atoms with Gasteiger partial charge in [-0.25, -0.2) is 4.79 Å². The molecule has 0 atom stereocenters. The van der Waals surface area contributed by atoms with E-state index in [1.54, 1.807) is 4.90 Å². The summed E-state index contributed by atoms with van der Waals surface area (Å²) >= 11 is 5.49. The van der Waals surface area contributed by atoms with E-state index in [1.165, 1.54) is 4.57 Å². The van der Waals surface area contributed by atoms with Gasteiger partial charge in [-0.05, 0) is 37.9 Å². The van der Waals surface area contributed by atoms with Gasteiger partial charge in [-0.3, -0.25) is 14.3 Å². The van der Waals surface area contributed by atoms with Gasteiger partial charge in [0.1, 0.15) is 5.82 Å². The summed E-state index contributed by atoms with van der Waals surface area (Å²) in [5.41, 5.74) is 5.52. The second kappa shape index (κ2) is 8.32. The number of aromatic amines is 1. The van der Waals surface area contributed by atoms with Crippen molar-refractivity contribution in [3.63, 3.8) is 0 Å². The molecule has 0 amide bonds. The Morgan fingerprint density at radius 1 is 1.33 bits per heavy atom. The lowest BCUT2D eigenvalue weighted by atomic mass is 10.3. The van der Waals surface area contributed by atoms with Gasteiger partial charge in [0.05, 0.1) is 0 Å². The average molecular weight is 353 g/mol. The molecule has 1 fully saturated rings. The van der Waals surface area contributed by atoms with E-state index in [1.807, 2.05) is 6.92 Å². The number of nitrogens with zero attached hydrogens (tertiary/aromatic N) is 2. The molecule has 1 aliphatic carbocycles. The largest absolute Gasteiger partial charge is 0.383 e. The number of hydrogen-bond acceptors (Lipinski definition) is 4. The molecule has 0 aromatic carbocycles. The minimum Gasteiger partial charge on any atom is -0.383 e. The first-order chi connectivity index (χ1) is 11.5. The predicted octanol–water partition coefficient (Wildman–Crippen LogP) is 1.56. The van der Waals surface area contributed by atoms with Crippen molar-refractivity contribution in [2.75, 3.05) is 17.2 Å². The van der Waals surface area contributed by atoms with E-state index in [9.17, 15) is 9.59 Å². The van der Waals surface area contributed by atoms with Crippen LogP contribution in [0.3, 0.4) is 0 Å². The standard InChI is InChI=1S/C16H27N5O2S/c1-3-5-9-20(16(24)18-11-7-8-11)12-13(17)21(10-6-4-2)15(23)19-14(12)22/h11H,3-10,17H2,1-2H3,(H,18,24)(H,19,22,23). The van der Waals surface area contributed by atoms with Crippen LogP contribution in [0.1, 0.15) is 52.4 Å². The van der Waals surface area contributed by atoms with Crippen molar-refractivity contribution in [3.8, 4) is 0 Å². The number of nitrogen functional groups attached to an aromatic ring is 1. The van der Waals surface area contributed by atoms with E-state index in [2.05, 4.69) is 17.2 Å². The maximum Gasteiger partial charge on any atom is 0.330 e. The maximum absolute atomic E-state index is 12.4. The molecule has 1 aliphatic rings. The first kappa shape index (κ1) is 18.5. The normalized spacial score (nSPS) is 13.8. The van der Waals surface area contributed by atoms with Gasteiger partial charge in [0.15, 0.2) is 10.8 Å². The fourth-order valence-corrected chi connectivity index (χ4v) is 2.84. The topological polar surface area (TPSA) is 96.2 Å². The van der Waals surface area contributed by atoms with E-state index in [-0.39, 0.29) is 11.5 Å². The predicted molar refractivity (Wildman–Crippen MR) is 102 cm³/mol. The summed E-state index contributed by atoms with van der Waals surface area (Å²) in [5.74, 6) is 0.188. The van der Waals surface area contributed by atoms with Crippen LogP contribution in [0.25, 0.3) is 0 Å². The molecule has 0 spiro atoms. The highest BCUT2D eigenvalue weighted by molar-refractivity contribution is 7.80. The first-order valence-corrected chi connectivity index (χ1v) is 9.11. The average Bonchev–Trinajstić information content (AvgIpc) is 3.33. The molecule has 1 aromatic heterocycles. The van der Waals surface area contributed by atoms with Crippen LogP contribution < -0.4 is 27.2 Å². The third-order valence-electron chi connectivity index (χ3n) is 4.10. The third-order valence-corrected chi connectivity index (χ3v) is 4.44. The van der Waals surface area contributed by atoms with Crippen LogP contribution in [0.15, 0.2) is 9.59 Å². The van der Waals surface area contributed by atoms with Gasteiger partial charge in [-0.1, -0.05) is 26.7 Å². The van der Waals surface area contributed by atoms with Crippen LogP contribution in [0.2, 0.25) is 0 Å². The summed E-state index contributed by atoms with van der Waals surface area (Å²) < 4.78 is 1.43. The van der Waals surface area contributed by atoms with Gasteiger partial charge in [-0.2, -0.15) is 0 Å². The number of nitrogens with one attached hydrogen (secondary N) is 2. The Morgan fingerprint density at radius 3 is 2.58 bits per heavy atom. The summed E-state index contributed by atoms with van der Waals surface area (Å²) in [6, 6.07) is 0.382. The molecule has 0 unspecified atom stereocenters. The molecular weight excluding hydrogens is 326 g/mol. The van der Waals surface area contributed by atoms with Crippen molar-refractivity contribution in [3.05, 3.63) is 20.8 Å². The van der Waals surface area contributed by atoms with Gasteiger partial charge < -0.3 is 16.0 Å². The Balaban J connectivity index is 2.40. The van der Waals surface area contributed by atoms with Crippen LogP contribution in [0, 0.1) is 0 Å². The highest BCUT2D eigenvalue weighted by Crippen LogP contribution is 2.22. The lowest BCUT2D eigenvalue weighted by molar-refractivity contribution is 0.604. The van der Waals surface area contributed by atoms with E-state index >= 15 is 0 Å². The number of hydrogen-bond donors (Lipinski definition) is 3. The lowest BCUT2D eigenvalue weighted by Crippen LogP contribution is -2.46. The van der Waals surface area contributed by atoms with Crippen molar-refractivity contribution in [2.24, 2.45) is 0 Å². The number of H-pyrrole nitrogens is 1. The molecule has 1 saturated carbocycles. The van der Waals surface area contributed by atoms with Crippen molar-refractivity contribution < 1.29 is 0 Å². The van der Waals surface area contributed by atoms with Gasteiger partial charge in [-0.15, -0.1) is 0 Å². The zero-order valence-electron chi connectivity index (χ0n) is 14.4. The summed E-state index contributed by atoms with van der Waals surface area (Å²) in [6.07, 6.45) is 5.76. The molecule has 2 rings (SSSR count). The van der Waals surface area contributed by atoms with Crippen molar-refractivity contribution in [2.45, 2.75) is 65.0 Å². The Labute approximate surface area is 147 Å². The SMILES string of the molecule is CCCCN(C(=S)NC1CC1)c1c(N)n(CCCC)c(=O)[nH]c1=O. The number of thiocarbonyl (C=S) groups is 1. The minimum atomic E-state index is -0.485. The van der Waals surface area contributed by atoms with Crippen LogP contribution in [-0.2, 0) is 6.54 Å². The molecule has 7 nitrogen and oxygen atoms in total. The van der Waals surface area contributed by atoms with E-state index in [4.69, 9.17) is 18.0 Å². The Kier molecular flexibility index (Phi) is 6.42. The molecule has 0 saturated heterocycles. The summed E-state index contributed by atoms with van der Waals surface area (Å²) in [4.78, 5) is 28.6. The molecule has 4 N–H and O–H groups in total. The molecule has 24 heavy (non-hydrogen) atoms. The third kappa shape index (κ3) is 4.37. The minimum absolute atomic E-state index is 0.188. The smallest absolute Gasteiger partial charge is 0.330 e. The number of aromatic nitrogens is 2. The Morgan fingerprint density at radius 2 is 2.00 bits per heavy atom. The second-order valence-corrected chi connectivity index (χ2v) is 6.61. The molecule has 0 aliphatic heterocycles. The number of unbranched alkanes of at least 4 members (excludes halogenated alkanes) is 2. The molecule has 134 valence electrons. The Hall–Kier alpha value is -1.83. The summed E-state index contributed by atoms with van der Waals surface area (Å²) in [5, 5.41) is 3.76. The number of rotatable bonds is 8. The van der Waals surface area contributed by atoms with Gasteiger partial charge in [0, 0.05) is 19.1 Å². The first-order valence-electron chi connectivity index (χ1n) is 8.70. The fourth-order valence-electron chi connectivity index (χ4n) is 2.49. The molecule has 0 radical (unpaired) electrons. The molecular formula is C16H27N5O2S. The van der Waals surface area contributed by atoms with Crippen LogP contribution in [0.4, 0.5) is 11.5 Å². The van der Waals surface area contributed by atoms with Crippen molar-refractivity contribution in [1.82, 2.24) is 14.9 Å². The van der Waals surface area contributed by atoms with Gasteiger partial charge in [0.2, 0.25) is 0 Å². The van der Waals surface area contributed by atoms with Gasteiger partial charge >= 0.3 is 5.69 Å². The highest BCUT2D eigenvalue weighted by Gasteiger charge is 2.27. The molecule has 1 heterocycles. The van der Waals surface area contributed by atoms with E-state index in [0.29, 0.717) is 24.2 Å². The number of nitrogens with two attached hydrogens (primary N) is 1. The van der Waals surface area contributed by atoms with Crippen LogP contribution in [0.5, 0.6) is 0 Å². The number of anilines is 2. The highest BCUT2D eigenvalue weighted by atomic mass is 32.1. The zero-order chi connectivity index (χ0) is 17.7. The quantitative estimate of drug-likeness (QED) is 0.614. The van der Waals surface area contributed by atoms with E-state index in [0.717, 1.165) is 38.5 Å². The lowest BCUT2D eigenvalue weighted by Gasteiger charge is -2.27. The van der Waals surface area contributed by atoms with Crippen LogP contribution >= 0.6 is 12.2 Å².